The van der Waals surface area contributed by atoms with Gasteiger partial charge in [0.15, 0.2) is 16.7 Å². The summed E-state index contributed by atoms with van der Waals surface area (Å²) in [5.41, 5.74) is 2.02. The predicted molar refractivity (Wildman–Crippen MR) is 103 cm³/mol. The molecule has 0 radical (unpaired) electrons. The Hall–Kier alpha value is -2.34. The van der Waals surface area contributed by atoms with Crippen LogP contribution in [0.4, 0.5) is 5.82 Å². The normalized spacial score (nSPS) is 17.8. The van der Waals surface area contributed by atoms with Crippen LogP contribution in [-0.4, -0.2) is 22.8 Å². The maximum absolute atomic E-state index is 6.13. The lowest BCUT2D eigenvalue weighted by Gasteiger charge is -2.38. The minimum absolute atomic E-state index is 0.0639. The summed E-state index contributed by atoms with van der Waals surface area (Å²) in [7, 11) is 1.61. The molecule has 0 saturated heterocycles. The molecule has 0 bridgehead atoms. The van der Waals surface area contributed by atoms with Crippen LogP contribution < -0.4 is 20.1 Å². The third-order valence-corrected chi connectivity index (χ3v) is 4.37. The molecule has 25 heavy (non-hydrogen) atoms. The Morgan fingerprint density at radius 3 is 2.92 bits per heavy atom. The summed E-state index contributed by atoms with van der Waals surface area (Å²) in [6.45, 7) is 6.24. The average molecular weight is 357 g/mol. The molecule has 2 heterocycles. The van der Waals surface area contributed by atoms with Crippen molar-refractivity contribution in [1.29, 1.82) is 0 Å². The Bertz CT molecular complexity index is 792. The molecule has 1 aliphatic heterocycles. The van der Waals surface area contributed by atoms with Crippen molar-refractivity contribution in [3.8, 4) is 11.5 Å². The topological polar surface area (TPSA) is 55.4 Å². The van der Waals surface area contributed by atoms with Gasteiger partial charge in [-0.25, -0.2) is 4.98 Å². The van der Waals surface area contributed by atoms with Gasteiger partial charge in [-0.05, 0) is 56.8 Å². The number of hydrogen-bond acceptors (Lipinski definition) is 4. The lowest BCUT2D eigenvalue weighted by atomic mass is 9.89. The molecule has 3 rings (SSSR count). The predicted octanol–water partition coefficient (Wildman–Crippen LogP) is 3.99. The number of pyridine rings is 1. The van der Waals surface area contributed by atoms with Crippen LogP contribution in [0.2, 0.25) is 0 Å². The molecular formula is C19H23N3O2S. The van der Waals surface area contributed by atoms with Gasteiger partial charge in [0, 0.05) is 18.2 Å². The van der Waals surface area contributed by atoms with Gasteiger partial charge in [-0.15, -0.1) is 0 Å². The quantitative estimate of drug-likeness (QED) is 0.810. The van der Waals surface area contributed by atoms with Crippen LogP contribution in [0.3, 0.4) is 0 Å². The molecular weight excluding hydrogens is 334 g/mol. The highest BCUT2D eigenvalue weighted by Gasteiger charge is 2.34. The van der Waals surface area contributed by atoms with Gasteiger partial charge in [-0.2, -0.15) is 0 Å². The summed E-state index contributed by atoms with van der Waals surface area (Å²) < 4.78 is 11.4. The zero-order valence-corrected chi connectivity index (χ0v) is 15.7. The molecule has 0 amide bonds. The summed E-state index contributed by atoms with van der Waals surface area (Å²) in [5.74, 6) is 2.15. The lowest BCUT2D eigenvalue weighted by Crippen LogP contribution is -2.42. The standard InChI is InChI=1S/C19H23N3O2S/c1-12-7-8-13-14(11-19(2,3)24-16(13)10-12)21-18(25)22-17-15(23-4)6-5-9-20-17/h5-10,14H,11H2,1-4H3,(H2,20,21,22,25). The molecule has 1 unspecified atom stereocenters. The van der Waals surface area contributed by atoms with Crippen LogP contribution in [0, 0.1) is 6.92 Å². The van der Waals surface area contributed by atoms with Gasteiger partial charge in [0.1, 0.15) is 11.4 Å². The number of aryl methyl sites for hydroxylation is 1. The number of benzene rings is 1. The van der Waals surface area contributed by atoms with Crippen LogP contribution in [0.1, 0.15) is 37.4 Å². The number of nitrogens with zero attached hydrogens (tertiary/aromatic N) is 1. The zero-order chi connectivity index (χ0) is 18.0. The van der Waals surface area contributed by atoms with Gasteiger partial charge in [-0.1, -0.05) is 12.1 Å². The fraction of sp³-hybridized carbons (Fsp3) is 0.368. The second-order valence-corrected chi connectivity index (χ2v) is 7.22. The van der Waals surface area contributed by atoms with Gasteiger partial charge < -0.3 is 20.1 Å². The van der Waals surface area contributed by atoms with Crippen molar-refractivity contribution in [2.45, 2.75) is 38.8 Å². The number of ether oxygens (including phenoxy) is 2. The summed E-state index contributed by atoms with van der Waals surface area (Å²) >= 11 is 5.50. The largest absolute Gasteiger partial charge is 0.493 e. The molecule has 2 N–H and O–H groups in total. The van der Waals surface area contributed by atoms with Crippen LogP contribution in [0.5, 0.6) is 11.5 Å². The molecule has 1 atom stereocenters. The van der Waals surface area contributed by atoms with Crippen molar-refractivity contribution in [1.82, 2.24) is 10.3 Å². The highest BCUT2D eigenvalue weighted by molar-refractivity contribution is 7.80. The smallest absolute Gasteiger partial charge is 0.174 e. The number of anilines is 1. The second kappa shape index (κ2) is 6.88. The van der Waals surface area contributed by atoms with E-state index in [1.165, 1.54) is 5.56 Å². The van der Waals surface area contributed by atoms with Gasteiger partial charge in [-0.3, -0.25) is 0 Å². The maximum Gasteiger partial charge on any atom is 0.174 e. The Balaban J connectivity index is 1.79. The van der Waals surface area contributed by atoms with E-state index in [4.69, 9.17) is 21.7 Å². The van der Waals surface area contributed by atoms with Crippen LogP contribution >= 0.6 is 12.2 Å². The molecule has 0 aliphatic carbocycles. The van der Waals surface area contributed by atoms with E-state index in [1.54, 1.807) is 13.3 Å². The number of hydrogen-bond donors (Lipinski definition) is 2. The van der Waals surface area contributed by atoms with Gasteiger partial charge in [0.05, 0.1) is 13.2 Å². The lowest BCUT2D eigenvalue weighted by molar-refractivity contribution is 0.0696. The SMILES string of the molecule is COc1cccnc1NC(=S)NC1CC(C)(C)Oc2cc(C)ccc21. The Morgan fingerprint density at radius 2 is 2.16 bits per heavy atom. The number of aromatic nitrogens is 1. The van der Waals surface area contributed by atoms with Crippen molar-refractivity contribution in [2.75, 3.05) is 12.4 Å². The van der Waals surface area contributed by atoms with Crippen LogP contribution in [0.25, 0.3) is 0 Å². The molecule has 6 heteroatoms. The van der Waals surface area contributed by atoms with E-state index in [-0.39, 0.29) is 11.6 Å². The van der Waals surface area contributed by atoms with E-state index in [1.807, 2.05) is 12.1 Å². The zero-order valence-electron chi connectivity index (χ0n) is 14.9. The Morgan fingerprint density at radius 1 is 1.36 bits per heavy atom. The third-order valence-electron chi connectivity index (χ3n) is 4.15. The first-order chi connectivity index (χ1) is 11.9. The average Bonchev–Trinajstić information content (AvgIpc) is 2.53. The minimum Gasteiger partial charge on any atom is -0.493 e. The highest BCUT2D eigenvalue weighted by atomic mass is 32.1. The first-order valence-corrected chi connectivity index (χ1v) is 8.65. The Labute approximate surface area is 153 Å². The van der Waals surface area contributed by atoms with Crippen LogP contribution in [-0.2, 0) is 0 Å². The fourth-order valence-electron chi connectivity index (χ4n) is 3.04. The van der Waals surface area contributed by atoms with E-state index in [0.717, 1.165) is 17.7 Å². The van der Waals surface area contributed by atoms with Crippen molar-refractivity contribution in [3.63, 3.8) is 0 Å². The first-order valence-electron chi connectivity index (χ1n) is 8.24. The maximum atomic E-state index is 6.13. The van der Waals surface area contributed by atoms with E-state index in [9.17, 15) is 0 Å². The number of methoxy groups -OCH3 is 1. The fourth-order valence-corrected chi connectivity index (χ4v) is 3.28. The van der Waals surface area contributed by atoms with E-state index >= 15 is 0 Å². The van der Waals surface area contributed by atoms with Crippen molar-refractivity contribution in [3.05, 3.63) is 47.7 Å². The van der Waals surface area contributed by atoms with Gasteiger partial charge in [0.2, 0.25) is 0 Å². The number of rotatable bonds is 3. The summed E-state index contributed by atoms with van der Waals surface area (Å²) in [6, 6.07) is 9.99. The van der Waals surface area contributed by atoms with Gasteiger partial charge in [0.25, 0.3) is 0 Å². The van der Waals surface area contributed by atoms with Crippen molar-refractivity contribution in [2.24, 2.45) is 0 Å². The number of fused-ring (bicyclic) bond motifs is 1. The summed E-state index contributed by atoms with van der Waals surface area (Å²) in [6.07, 6.45) is 2.51. The van der Waals surface area contributed by atoms with E-state index < -0.39 is 0 Å². The highest BCUT2D eigenvalue weighted by Crippen LogP contribution is 2.39. The monoisotopic (exact) mass is 357 g/mol. The van der Waals surface area contributed by atoms with E-state index in [0.29, 0.717) is 16.7 Å². The molecule has 1 aliphatic rings. The molecule has 1 aromatic heterocycles. The molecule has 0 fully saturated rings. The minimum atomic E-state index is -0.267. The Kier molecular flexibility index (Phi) is 4.81. The van der Waals surface area contributed by atoms with Crippen molar-refractivity contribution >= 4 is 23.1 Å². The third kappa shape index (κ3) is 4.02. The first kappa shape index (κ1) is 17.5. The van der Waals surface area contributed by atoms with Gasteiger partial charge >= 0.3 is 0 Å². The summed E-state index contributed by atoms with van der Waals surface area (Å²) in [5, 5.41) is 7.02. The molecule has 2 aromatic rings. The second-order valence-electron chi connectivity index (χ2n) is 6.81. The molecule has 1 aromatic carbocycles. The summed E-state index contributed by atoms with van der Waals surface area (Å²) in [4.78, 5) is 4.28. The molecule has 0 spiro atoms. The molecule has 0 saturated carbocycles. The number of thiocarbonyl (C=S) groups is 1. The van der Waals surface area contributed by atoms with Crippen molar-refractivity contribution < 1.29 is 9.47 Å². The van der Waals surface area contributed by atoms with E-state index in [2.05, 4.69) is 54.6 Å². The van der Waals surface area contributed by atoms with Crippen LogP contribution in [0.15, 0.2) is 36.5 Å². The molecule has 132 valence electrons. The number of nitrogens with one attached hydrogen (secondary N) is 2. The molecule has 5 nitrogen and oxygen atoms in total.